The molecule has 0 spiro atoms. The molecule has 0 saturated heterocycles. The van der Waals surface area contributed by atoms with Crippen LogP contribution in [0.1, 0.15) is 6.92 Å². The van der Waals surface area contributed by atoms with Crippen molar-refractivity contribution < 1.29 is 4.74 Å². The second kappa shape index (κ2) is 5.80. The molecule has 0 bridgehead atoms. The maximum absolute atomic E-state index is 5.41. The third-order valence-corrected chi connectivity index (χ3v) is 3.16. The lowest BCUT2D eigenvalue weighted by molar-refractivity contribution is 0.167. The van der Waals surface area contributed by atoms with E-state index in [1.54, 1.807) is 11.3 Å². The molecule has 3 nitrogen and oxygen atoms in total. The molecule has 0 aliphatic carbocycles. The Kier molecular flexibility index (Phi) is 4.12. The van der Waals surface area contributed by atoms with Gasteiger partial charge in [-0.1, -0.05) is 35.6 Å². The van der Waals surface area contributed by atoms with Crippen molar-refractivity contribution in [1.29, 1.82) is 0 Å². The van der Waals surface area contributed by atoms with E-state index in [0.717, 1.165) is 22.8 Å². The molecule has 0 aliphatic heterocycles. The van der Waals surface area contributed by atoms with Gasteiger partial charge in [0.15, 0.2) is 5.13 Å². The maximum atomic E-state index is 5.41. The number of anilines is 1. The van der Waals surface area contributed by atoms with Crippen LogP contribution < -0.4 is 5.32 Å². The third kappa shape index (κ3) is 3.54. The molecule has 1 N–H and O–H groups in total. The molecular formula is C13H16N2OS. The summed E-state index contributed by atoms with van der Waals surface area (Å²) in [5.74, 6) is 0. The minimum atomic E-state index is 0.627. The molecule has 0 atom stereocenters. The zero-order valence-electron chi connectivity index (χ0n) is 9.90. The fraction of sp³-hybridized carbons (Fsp3) is 0.308. The summed E-state index contributed by atoms with van der Waals surface area (Å²) in [5, 5.41) is 4.21. The third-order valence-electron chi connectivity index (χ3n) is 2.16. The van der Waals surface area contributed by atoms with Crippen LogP contribution in [0.15, 0.2) is 36.4 Å². The Labute approximate surface area is 105 Å². The van der Waals surface area contributed by atoms with E-state index in [-0.39, 0.29) is 0 Å². The van der Waals surface area contributed by atoms with Crippen LogP contribution in [0.5, 0.6) is 0 Å². The fourth-order valence-corrected chi connectivity index (χ4v) is 2.32. The van der Waals surface area contributed by atoms with Crippen molar-refractivity contribution in [3.8, 4) is 0 Å². The summed E-state index contributed by atoms with van der Waals surface area (Å²) in [7, 11) is 0. The number of para-hydroxylation sites is 1. The van der Waals surface area contributed by atoms with E-state index in [0.29, 0.717) is 13.2 Å². The molecule has 0 saturated carbocycles. The van der Waals surface area contributed by atoms with Crippen LogP contribution in [0.2, 0.25) is 0 Å². The van der Waals surface area contributed by atoms with Gasteiger partial charge in [0.1, 0.15) is 0 Å². The zero-order valence-corrected chi connectivity index (χ0v) is 10.7. The van der Waals surface area contributed by atoms with Gasteiger partial charge in [0.25, 0.3) is 0 Å². The predicted molar refractivity (Wildman–Crippen MR) is 73.7 cm³/mol. The van der Waals surface area contributed by atoms with Gasteiger partial charge in [0.05, 0.1) is 23.4 Å². The highest BCUT2D eigenvalue weighted by Gasteiger charge is 2.01. The average Bonchev–Trinajstić information content (AvgIpc) is 2.70. The van der Waals surface area contributed by atoms with Crippen LogP contribution >= 0.6 is 11.3 Å². The fourth-order valence-electron chi connectivity index (χ4n) is 1.42. The van der Waals surface area contributed by atoms with E-state index in [2.05, 4.69) is 22.9 Å². The van der Waals surface area contributed by atoms with Crippen molar-refractivity contribution in [1.82, 2.24) is 4.98 Å². The molecule has 0 fully saturated rings. The lowest BCUT2D eigenvalue weighted by atomic mass is 10.3. The van der Waals surface area contributed by atoms with Gasteiger partial charge < -0.3 is 10.1 Å². The normalized spacial score (nSPS) is 10.6. The summed E-state index contributed by atoms with van der Waals surface area (Å²) in [4.78, 5) is 4.48. The Morgan fingerprint density at radius 3 is 3.06 bits per heavy atom. The Balaban J connectivity index is 1.81. The lowest BCUT2D eigenvalue weighted by Crippen LogP contribution is -2.09. The van der Waals surface area contributed by atoms with Gasteiger partial charge in [0.2, 0.25) is 0 Å². The summed E-state index contributed by atoms with van der Waals surface area (Å²) in [5.41, 5.74) is 2.09. The summed E-state index contributed by atoms with van der Waals surface area (Å²) in [6.07, 6.45) is 0. The Bertz CT molecular complexity index is 474. The van der Waals surface area contributed by atoms with E-state index < -0.39 is 0 Å². The van der Waals surface area contributed by atoms with Crippen molar-refractivity contribution in [2.24, 2.45) is 0 Å². The number of hydrogen-bond acceptors (Lipinski definition) is 4. The molecule has 1 aromatic heterocycles. The largest absolute Gasteiger partial charge is 0.375 e. The number of rotatable bonds is 6. The first-order valence-corrected chi connectivity index (χ1v) is 6.39. The topological polar surface area (TPSA) is 34.1 Å². The van der Waals surface area contributed by atoms with E-state index >= 15 is 0 Å². The second-order valence-electron chi connectivity index (χ2n) is 3.92. The molecule has 0 unspecified atom stereocenters. The van der Waals surface area contributed by atoms with Gasteiger partial charge >= 0.3 is 0 Å². The van der Waals surface area contributed by atoms with Gasteiger partial charge in [-0.3, -0.25) is 0 Å². The molecule has 0 aliphatic rings. The van der Waals surface area contributed by atoms with Crippen LogP contribution in [0, 0.1) is 0 Å². The van der Waals surface area contributed by atoms with Gasteiger partial charge in [0, 0.05) is 6.54 Å². The van der Waals surface area contributed by atoms with E-state index in [9.17, 15) is 0 Å². The van der Waals surface area contributed by atoms with E-state index in [1.807, 2.05) is 25.1 Å². The Hall–Kier alpha value is -1.39. The van der Waals surface area contributed by atoms with Crippen LogP contribution in [0.4, 0.5) is 5.13 Å². The number of thiazole rings is 1. The minimum absolute atomic E-state index is 0.627. The van der Waals surface area contributed by atoms with Crippen molar-refractivity contribution >= 4 is 26.7 Å². The van der Waals surface area contributed by atoms with Crippen LogP contribution in [0.3, 0.4) is 0 Å². The molecule has 4 heteroatoms. The summed E-state index contributed by atoms with van der Waals surface area (Å²) < 4.78 is 6.61. The number of fused-ring (bicyclic) bond motifs is 1. The first-order chi connectivity index (χ1) is 8.25. The smallest absolute Gasteiger partial charge is 0.183 e. The molecule has 0 radical (unpaired) electrons. The molecule has 17 heavy (non-hydrogen) atoms. The van der Waals surface area contributed by atoms with Crippen molar-refractivity contribution in [2.45, 2.75) is 6.92 Å². The number of benzene rings is 1. The average molecular weight is 248 g/mol. The molecule has 2 rings (SSSR count). The number of nitrogens with zero attached hydrogens (tertiary/aromatic N) is 1. The molecule has 1 aromatic carbocycles. The molecule has 1 heterocycles. The SMILES string of the molecule is C=C(C)COCCNc1nc2ccccc2s1. The zero-order chi connectivity index (χ0) is 12.1. The first kappa shape index (κ1) is 12.1. The monoisotopic (exact) mass is 248 g/mol. The number of nitrogens with one attached hydrogen (secondary N) is 1. The Morgan fingerprint density at radius 2 is 2.29 bits per heavy atom. The number of ether oxygens (including phenoxy) is 1. The number of aromatic nitrogens is 1. The highest BCUT2D eigenvalue weighted by Crippen LogP contribution is 2.24. The first-order valence-electron chi connectivity index (χ1n) is 5.57. The van der Waals surface area contributed by atoms with Gasteiger partial charge in [-0.2, -0.15) is 0 Å². The van der Waals surface area contributed by atoms with Crippen LogP contribution in [0.25, 0.3) is 10.2 Å². The highest BCUT2D eigenvalue weighted by molar-refractivity contribution is 7.22. The van der Waals surface area contributed by atoms with Crippen molar-refractivity contribution in [3.63, 3.8) is 0 Å². The lowest BCUT2D eigenvalue weighted by Gasteiger charge is -2.04. The predicted octanol–water partition coefficient (Wildman–Crippen LogP) is 3.30. The van der Waals surface area contributed by atoms with Crippen LogP contribution in [-0.4, -0.2) is 24.7 Å². The van der Waals surface area contributed by atoms with Gasteiger partial charge in [-0.15, -0.1) is 0 Å². The summed E-state index contributed by atoms with van der Waals surface area (Å²) in [6.45, 7) is 7.81. The number of hydrogen-bond donors (Lipinski definition) is 1. The van der Waals surface area contributed by atoms with Crippen LogP contribution in [-0.2, 0) is 4.74 Å². The quantitative estimate of drug-likeness (QED) is 0.629. The molecular weight excluding hydrogens is 232 g/mol. The summed E-state index contributed by atoms with van der Waals surface area (Å²) in [6, 6.07) is 8.13. The van der Waals surface area contributed by atoms with E-state index in [4.69, 9.17) is 4.74 Å². The van der Waals surface area contributed by atoms with Gasteiger partial charge in [-0.25, -0.2) is 4.98 Å². The molecule has 90 valence electrons. The second-order valence-corrected chi connectivity index (χ2v) is 4.95. The van der Waals surface area contributed by atoms with Gasteiger partial charge in [-0.05, 0) is 19.1 Å². The standard InChI is InChI=1S/C13H16N2OS/c1-10(2)9-16-8-7-14-13-15-11-5-3-4-6-12(11)17-13/h3-6H,1,7-9H2,2H3,(H,14,15). The van der Waals surface area contributed by atoms with E-state index in [1.165, 1.54) is 4.70 Å². The minimum Gasteiger partial charge on any atom is -0.375 e. The van der Waals surface area contributed by atoms with Crippen molar-refractivity contribution in [3.05, 3.63) is 36.4 Å². The summed E-state index contributed by atoms with van der Waals surface area (Å²) >= 11 is 1.67. The highest BCUT2D eigenvalue weighted by atomic mass is 32.1. The Morgan fingerprint density at radius 1 is 1.47 bits per heavy atom. The maximum Gasteiger partial charge on any atom is 0.183 e. The molecule has 2 aromatic rings. The van der Waals surface area contributed by atoms with Crippen molar-refractivity contribution in [2.75, 3.05) is 25.1 Å². The molecule has 0 amide bonds.